The van der Waals surface area contributed by atoms with Crippen molar-refractivity contribution in [3.8, 4) is 17.2 Å². The van der Waals surface area contributed by atoms with Crippen LogP contribution in [0.25, 0.3) is 0 Å². The van der Waals surface area contributed by atoms with Gasteiger partial charge in [0.25, 0.3) is 0 Å². The molecule has 2 aliphatic heterocycles. The summed E-state index contributed by atoms with van der Waals surface area (Å²) in [5.41, 5.74) is 5.80. The molecule has 0 fully saturated rings. The Morgan fingerprint density at radius 2 is 1.69 bits per heavy atom. The Balaban J connectivity index is 1.46. The van der Waals surface area contributed by atoms with Crippen LogP contribution in [-0.2, 0) is 30.7 Å². The molecule has 0 N–H and O–H groups in total. The number of pyridine rings is 1. The molecule has 0 unspecified atom stereocenters. The molecule has 7 nitrogen and oxygen atoms in total. The van der Waals surface area contributed by atoms with E-state index in [1.165, 1.54) is 16.7 Å². The zero-order valence-electron chi connectivity index (χ0n) is 21.4. The van der Waals surface area contributed by atoms with Gasteiger partial charge in [0.1, 0.15) is 5.75 Å². The molecular formula is C29H33N3O4. The van der Waals surface area contributed by atoms with Crippen molar-refractivity contribution in [1.82, 2.24) is 14.8 Å². The standard InChI is InChI=1S/C29H33N3O4/c1-19-24-15-28(36-4)27(35-3)14-21(24)10-12-32(19)29(33)25-13-20-7-5-6-8-22(20)17-31(25)18-23-16-30-11-9-26(23)34-2/h5-9,11,14-16,19,25H,10,12-13,17-18H2,1-4H3/t19-,25+/m1/s1. The second-order valence-corrected chi connectivity index (χ2v) is 9.44. The van der Waals surface area contributed by atoms with E-state index in [2.05, 4.69) is 41.1 Å². The van der Waals surface area contributed by atoms with E-state index < -0.39 is 0 Å². The summed E-state index contributed by atoms with van der Waals surface area (Å²) in [6.45, 7) is 4.07. The fourth-order valence-electron chi connectivity index (χ4n) is 5.58. The maximum atomic E-state index is 14.2. The van der Waals surface area contributed by atoms with Gasteiger partial charge in [-0.25, -0.2) is 0 Å². The van der Waals surface area contributed by atoms with Crippen LogP contribution >= 0.6 is 0 Å². The van der Waals surface area contributed by atoms with Gasteiger partial charge < -0.3 is 19.1 Å². The molecule has 2 aliphatic rings. The van der Waals surface area contributed by atoms with E-state index in [4.69, 9.17) is 14.2 Å². The third kappa shape index (κ3) is 4.39. The van der Waals surface area contributed by atoms with E-state index in [9.17, 15) is 4.79 Å². The zero-order valence-corrected chi connectivity index (χ0v) is 21.4. The highest BCUT2D eigenvalue weighted by Crippen LogP contribution is 2.39. The van der Waals surface area contributed by atoms with Crippen LogP contribution in [0.1, 0.15) is 40.8 Å². The van der Waals surface area contributed by atoms with Crippen molar-refractivity contribution in [2.45, 2.75) is 44.9 Å². The summed E-state index contributed by atoms with van der Waals surface area (Å²) in [6.07, 6.45) is 5.03. The number of benzene rings is 2. The first-order valence-electron chi connectivity index (χ1n) is 12.4. The molecule has 188 valence electrons. The maximum Gasteiger partial charge on any atom is 0.240 e. The van der Waals surface area contributed by atoms with Crippen molar-refractivity contribution in [3.05, 3.63) is 82.7 Å². The van der Waals surface area contributed by atoms with Crippen LogP contribution in [0.4, 0.5) is 0 Å². The predicted octanol–water partition coefficient (Wildman–Crippen LogP) is 4.18. The summed E-state index contributed by atoms with van der Waals surface area (Å²) < 4.78 is 16.6. The van der Waals surface area contributed by atoms with Gasteiger partial charge in [-0.05, 0) is 60.2 Å². The Kier molecular flexibility index (Phi) is 6.83. The lowest BCUT2D eigenvalue weighted by atomic mass is 9.89. The van der Waals surface area contributed by atoms with E-state index in [1.807, 2.05) is 29.3 Å². The van der Waals surface area contributed by atoms with E-state index in [1.54, 1.807) is 27.5 Å². The second kappa shape index (κ2) is 10.2. The fraction of sp³-hybridized carbons (Fsp3) is 0.379. The average molecular weight is 488 g/mol. The molecule has 7 heteroatoms. The van der Waals surface area contributed by atoms with Crippen LogP contribution in [-0.4, -0.2) is 54.6 Å². The lowest BCUT2D eigenvalue weighted by Gasteiger charge is -2.42. The van der Waals surface area contributed by atoms with E-state index >= 15 is 0 Å². The van der Waals surface area contributed by atoms with Crippen LogP contribution in [0, 0.1) is 0 Å². The van der Waals surface area contributed by atoms with Crippen molar-refractivity contribution in [1.29, 1.82) is 0 Å². The number of nitrogens with zero attached hydrogens (tertiary/aromatic N) is 3. The Labute approximate surface area is 212 Å². The maximum absolute atomic E-state index is 14.2. The van der Waals surface area contributed by atoms with Crippen molar-refractivity contribution >= 4 is 5.91 Å². The van der Waals surface area contributed by atoms with Crippen LogP contribution in [0.3, 0.4) is 0 Å². The molecule has 5 rings (SSSR count). The fourth-order valence-corrected chi connectivity index (χ4v) is 5.58. The lowest BCUT2D eigenvalue weighted by Crippen LogP contribution is -2.53. The zero-order chi connectivity index (χ0) is 25.2. The Hall–Kier alpha value is -3.58. The van der Waals surface area contributed by atoms with Gasteiger partial charge in [0.05, 0.1) is 33.4 Å². The Morgan fingerprint density at radius 1 is 0.972 bits per heavy atom. The molecule has 36 heavy (non-hydrogen) atoms. The first-order chi connectivity index (χ1) is 17.5. The lowest BCUT2D eigenvalue weighted by molar-refractivity contribution is -0.140. The number of amides is 1. The summed E-state index contributed by atoms with van der Waals surface area (Å²) >= 11 is 0. The smallest absolute Gasteiger partial charge is 0.240 e. The highest BCUT2D eigenvalue weighted by Gasteiger charge is 2.38. The van der Waals surface area contributed by atoms with Crippen LogP contribution in [0.15, 0.2) is 54.9 Å². The number of fused-ring (bicyclic) bond motifs is 2. The quantitative estimate of drug-likeness (QED) is 0.520. The third-order valence-corrected chi connectivity index (χ3v) is 7.55. The normalized spacial score (nSPS) is 19.3. The summed E-state index contributed by atoms with van der Waals surface area (Å²) in [7, 11) is 4.97. The molecule has 0 saturated carbocycles. The molecule has 1 amide bonds. The van der Waals surface area contributed by atoms with Gasteiger partial charge in [-0.3, -0.25) is 14.7 Å². The summed E-state index contributed by atoms with van der Waals surface area (Å²) in [5, 5.41) is 0. The molecule has 3 aromatic rings. The summed E-state index contributed by atoms with van der Waals surface area (Å²) in [5.74, 6) is 2.36. The first-order valence-corrected chi connectivity index (χ1v) is 12.4. The van der Waals surface area contributed by atoms with Crippen molar-refractivity contribution < 1.29 is 19.0 Å². The van der Waals surface area contributed by atoms with Gasteiger partial charge in [0.15, 0.2) is 11.5 Å². The number of hydrogen-bond acceptors (Lipinski definition) is 6. The van der Waals surface area contributed by atoms with E-state index in [-0.39, 0.29) is 18.0 Å². The predicted molar refractivity (Wildman–Crippen MR) is 137 cm³/mol. The van der Waals surface area contributed by atoms with Crippen molar-refractivity contribution in [2.24, 2.45) is 0 Å². The number of ether oxygens (including phenoxy) is 3. The number of aromatic nitrogens is 1. The van der Waals surface area contributed by atoms with E-state index in [0.29, 0.717) is 31.8 Å². The second-order valence-electron chi connectivity index (χ2n) is 9.44. The molecular weight excluding hydrogens is 454 g/mol. The topological polar surface area (TPSA) is 64.1 Å². The molecule has 3 heterocycles. The number of methoxy groups -OCH3 is 3. The molecule has 0 saturated heterocycles. The molecule has 0 aliphatic carbocycles. The SMILES string of the molecule is COc1ccncc1CN1Cc2ccccc2C[C@H]1C(=O)N1CCc2cc(OC)c(OC)cc2[C@H]1C. The van der Waals surface area contributed by atoms with Crippen molar-refractivity contribution in [2.75, 3.05) is 27.9 Å². The van der Waals surface area contributed by atoms with Gasteiger partial charge in [-0.1, -0.05) is 24.3 Å². The van der Waals surface area contributed by atoms with Gasteiger partial charge in [-0.15, -0.1) is 0 Å². The van der Waals surface area contributed by atoms with Crippen LogP contribution < -0.4 is 14.2 Å². The molecule has 0 bridgehead atoms. The number of rotatable bonds is 6. The minimum Gasteiger partial charge on any atom is -0.496 e. The molecule has 0 radical (unpaired) electrons. The first kappa shape index (κ1) is 24.1. The van der Waals surface area contributed by atoms with Gasteiger partial charge in [0.2, 0.25) is 5.91 Å². The number of carbonyl (C=O) groups is 1. The third-order valence-electron chi connectivity index (χ3n) is 7.55. The highest BCUT2D eigenvalue weighted by atomic mass is 16.5. The molecule has 2 atom stereocenters. The van der Waals surface area contributed by atoms with E-state index in [0.717, 1.165) is 29.0 Å². The van der Waals surface area contributed by atoms with Crippen LogP contribution in [0.5, 0.6) is 17.2 Å². The molecule has 0 spiro atoms. The van der Waals surface area contributed by atoms with Crippen molar-refractivity contribution in [3.63, 3.8) is 0 Å². The minimum atomic E-state index is -0.269. The molecule has 2 aromatic carbocycles. The number of hydrogen-bond donors (Lipinski definition) is 0. The van der Waals surface area contributed by atoms with Crippen LogP contribution in [0.2, 0.25) is 0 Å². The number of carbonyl (C=O) groups excluding carboxylic acids is 1. The van der Waals surface area contributed by atoms with Gasteiger partial charge in [0, 0.05) is 37.6 Å². The highest BCUT2D eigenvalue weighted by molar-refractivity contribution is 5.83. The van der Waals surface area contributed by atoms with Gasteiger partial charge in [-0.2, -0.15) is 0 Å². The summed E-state index contributed by atoms with van der Waals surface area (Å²) in [6, 6.07) is 14.0. The molecule has 1 aromatic heterocycles. The summed E-state index contributed by atoms with van der Waals surface area (Å²) in [4.78, 5) is 22.8. The largest absolute Gasteiger partial charge is 0.496 e. The Morgan fingerprint density at radius 3 is 2.44 bits per heavy atom. The van der Waals surface area contributed by atoms with Gasteiger partial charge >= 0.3 is 0 Å². The average Bonchev–Trinajstić information content (AvgIpc) is 2.92. The minimum absolute atomic E-state index is 0.0620. The Bertz CT molecular complexity index is 1260. The monoisotopic (exact) mass is 487 g/mol.